The van der Waals surface area contributed by atoms with Gasteiger partial charge >= 0.3 is 18.3 Å². The summed E-state index contributed by atoms with van der Waals surface area (Å²) in [6, 6.07) is 0.510. The van der Waals surface area contributed by atoms with E-state index in [1.54, 1.807) is 5.32 Å². The quantitative estimate of drug-likeness (QED) is 0.769. The predicted octanol–water partition coefficient (Wildman–Crippen LogP) is 3.06. The SMILES string of the molecule is C[C@@]1(C(F)(F)F)Oc2cc(C(F)(F)F)c(C(=O)O)cc2NC1=O. The molecule has 2 rings (SSSR count). The van der Waals surface area contributed by atoms with Gasteiger partial charge in [0.05, 0.1) is 16.8 Å². The number of alkyl halides is 6. The number of rotatable bonds is 1. The third kappa shape index (κ3) is 2.66. The number of anilines is 1. The van der Waals surface area contributed by atoms with Crippen LogP contribution in [0.5, 0.6) is 5.75 Å². The highest BCUT2D eigenvalue weighted by atomic mass is 19.4. The van der Waals surface area contributed by atoms with Crippen LogP contribution in [-0.2, 0) is 11.0 Å². The van der Waals surface area contributed by atoms with Gasteiger partial charge in [-0.3, -0.25) is 4.79 Å². The van der Waals surface area contributed by atoms with Crippen LogP contribution in [0.25, 0.3) is 0 Å². The number of benzene rings is 1. The van der Waals surface area contributed by atoms with Gasteiger partial charge in [0.2, 0.25) is 0 Å². The molecule has 0 saturated heterocycles. The molecular formula is C12H7F6NO4. The monoisotopic (exact) mass is 343 g/mol. The number of carboxylic acids is 1. The van der Waals surface area contributed by atoms with Crippen LogP contribution in [0, 0.1) is 0 Å². The summed E-state index contributed by atoms with van der Waals surface area (Å²) in [5, 5.41) is 10.5. The van der Waals surface area contributed by atoms with E-state index in [9.17, 15) is 35.9 Å². The Balaban J connectivity index is 2.65. The number of nitrogens with one attached hydrogen (secondary N) is 1. The van der Waals surface area contributed by atoms with Crippen LogP contribution >= 0.6 is 0 Å². The Kier molecular flexibility index (Phi) is 3.50. The standard InChI is InChI=1S/C12H7F6NO4/c1-10(12(16,17)18)9(22)19-6-2-4(8(20)21)5(11(13,14)15)3-7(6)23-10/h2-3H,1H3,(H,19,22)(H,20,21)/t10-/m1/s1. The van der Waals surface area contributed by atoms with Crippen LogP contribution in [0.4, 0.5) is 32.0 Å². The van der Waals surface area contributed by atoms with E-state index in [-0.39, 0.29) is 6.07 Å². The normalized spacial score (nSPS) is 21.3. The molecule has 1 amide bonds. The molecule has 0 radical (unpaired) electrons. The first-order chi connectivity index (χ1) is 10.3. The highest BCUT2D eigenvalue weighted by Crippen LogP contribution is 2.45. The second kappa shape index (κ2) is 4.77. The minimum atomic E-state index is -5.20. The number of hydrogen-bond acceptors (Lipinski definition) is 3. The van der Waals surface area contributed by atoms with Gasteiger partial charge in [-0.05, 0) is 19.1 Å². The smallest absolute Gasteiger partial charge is 0.437 e. The van der Waals surface area contributed by atoms with E-state index in [0.29, 0.717) is 13.0 Å². The minimum absolute atomic E-state index is 0.113. The van der Waals surface area contributed by atoms with E-state index in [0.717, 1.165) is 0 Å². The molecule has 0 aromatic heterocycles. The van der Waals surface area contributed by atoms with Crippen LogP contribution in [-0.4, -0.2) is 28.8 Å². The van der Waals surface area contributed by atoms with Gasteiger partial charge in [0.25, 0.3) is 11.5 Å². The number of ether oxygens (including phenoxy) is 1. The molecule has 11 heteroatoms. The zero-order valence-corrected chi connectivity index (χ0v) is 11.1. The van der Waals surface area contributed by atoms with Gasteiger partial charge in [-0.1, -0.05) is 0 Å². The van der Waals surface area contributed by atoms with Crippen molar-refractivity contribution < 1.29 is 45.8 Å². The Labute approximate surface area is 123 Å². The third-order valence-electron chi connectivity index (χ3n) is 3.19. The summed E-state index contributed by atoms with van der Waals surface area (Å²) in [7, 11) is 0. The molecule has 1 aliphatic rings. The topological polar surface area (TPSA) is 75.6 Å². The second-order valence-electron chi connectivity index (χ2n) is 4.78. The zero-order chi connectivity index (χ0) is 17.8. The summed E-state index contributed by atoms with van der Waals surface area (Å²) in [6.45, 7) is 0.351. The summed E-state index contributed by atoms with van der Waals surface area (Å²) in [4.78, 5) is 22.5. The lowest BCUT2D eigenvalue weighted by Gasteiger charge is -2.36. The Bertz CT molecular complexity index is 696. The molecule has 0 aliphatic carbocycles. The fraction of sp³-hybridized carbons (Fsp3) is 0.333. The van der Waals surface area contributed by atoms with Gasteiger partial charge in [0, 0.05) is 0 Å². The highest BCUT2D eigenvalue weighted by molar-refractivity contribution is 6.03. The largest absolute Gasteiger partial charge is 0.478 e. The van der Waals surface area contributed by atoms with E-state index in [1.807, 2.05) is 0 Å². The molecule has 0 unspecified atom stereocenters. The molecule has 1 heterocycles. The number of halogens is 6. The highest BCUT2D eigenvalue weighted by Gasteiger charge is 2.61. The van der Waals surface area contributed by atoms with Crippen molar-refractivity contribution in [3.8, 4) is 5.75 Å². The molecule has 5 nitrogen and oxygen atoms in total. The summed E-state index contributed by atoms with van der Waals surface area (Å²) >= 11 is 0. The number of hydrogen-bond donors (Lipinski definition) is 2. The summed E-state index contributed by atoms with van der Waals surface area (Å²) in [5.41, 5.74) is -6.91. The molecule has 126 valence electrons. The van der Waals surface area contributed by atoms with Crippen molar-refractivity contribution in [3.63, 3.8) is 0 Å². The fourth-order valence-corrected chi connectivity index (χ4v) is 1.87. The van der Waals surface area contributed by atoms with Gasteiger partial charge < -0.3 is 15.2 Å². The summed E-state index contributed by atoms with van der Waals surface area (Å²) in [6.07, 6.45) is -10.3. The summed E-state index contributed by atoms with van der Waals surface area (Å²) < 4.78 is 81.7. The van der Waals surface area contributed by atoms with E-state index in [1.165, 1.54) is 0 Å². The maximum atomic E-state index is 12.9. The first-order valence-corrected chi connectivity index (χ1v) is 5.83. The molecule has 2 N–H and O–H groups in total. The Morgan fingerprint density at radius 1 is 1.22 bits per heavy atom. The van der Waals surface area contributed by atoms with Crippen LogP contribution in [0.2, 0.25) is 0 Å². The predicted molar refractivity (Wildman–Crippen MR) is 62.1 cm³/mol. The number of aromatic carboxylic acids is 1. The molecule has 0 fully saturated rings. The van der Waals surface area contributed by atoms with Gasteiger partial charge in [-0.2, -0.15) is 26.3 Å². The molecule has 23 heavy (non-hydrogen) atoms. The van der Waals surface area contributed by atoms with E-state index in [4.69, 9.17) is 5.11 Å². The molecule has 1 atom stereocenters. The van der Waals surface area contributed by atoms with Gasteiger partial charge in [0.15, 0.2) is 0 Å². The molecule has 1 aromatic rings. The summed E-state index contributed by atoms with van der Waals surface area (Å²) in [5.74, 6) is -4.56. The molecular weight excluding hydrogens is 336 g/mol. The number of carbonyl (C=O) groups excluding carboxylic acids is 1. The Hall–Kier alpha value is -2.46. The number of carbonyl (C=O) groups is 2. The van der Waals surface area contributed by atoms with E-state index >= 15 is 0 Å². The number of fused-ring (bicyclic) bond motifs is 1. The van der Waals surface area contributed by atoms with Crippen LogP contribution in [0.3, 0.4) is 0 Å². The maximum Gasteiger partial charge on any atom is 0.437 e. The fourth-order valence-electron chi connectivity index (χ4n) is 1.87. The van der Waals surface area contributed by atoms with Crippen molar-refractivity contribution in [2.24, 2.45) is 0 Å². The maximum absolute atomic E-state index is 12.9. The van der Waals surface area contributed by atoms with Gasteiger partial charge in [-0.15, -0.1) is 0 Å². The lowest BCUT2D eigenvalue weighted by Crippen LogP contribution is -2.58. The lowest BCUT2D eigenvalue weighted by atomic mass is 9.99. The second-order valence-corrected chi connectivity index (χ2v) is 4.78. The number of carboxylic acid groups (broad SMARTS) is 1. The van der Waals surface area contributed by atoms with Crippen molar-refractivity contribution in [1.29, 1.82) is 0 Å². The Morgan fingerprint density at radius 3 is 2.22 bits per heavy atom. The van der Waals surface area contributed by atoms with Crippen molar-refractivity contribution in [2.75, 3.05) is 5.32 Å². The molecule has 1 aliphatic heterocycles. The van der Waals surface area contributed by atoms with Crippen molar-refractivity contribution in [1.82, 2.24) is 0 Å². The molecule has 0 spiro atoms. The average Bonchev–Trinajstić information content (AvgIpc) is 2.36. The van der Waals surface area contributed by atoms with Crippen LogP contribution in [0.15, 0.2) is 12.1 Å². The zero-order valence-electron chi connectivity index (χ0n) is 11.1. The Morgan fingerprint density at radius 2 is 1.78 bits per heavy atom. The van der Waals surface area contributed by atoms with Gasteiger partial charge in [0.1, 0.15) is 5.75 Å². The van der Waals surface area contributed by atoms with Crippen molar-refractivity contribution in [2.45, 2.75) is 24.9 Å². The van der Waals surface area contributed by atoms with Crippen LogP contribution in [0.1, 0.15) is 22.8 Å². The first-order valence-electron chi connectivity index (χ1n) is 5.83. The van der Waals surface area contributed by atoms with Gasteiger partial charge in [-0.25, -0.2) is 4.79 Å². The van der Waals surface area contributed by atoms with E-state index in [2.05, 4.69) is 4.74 Å². The molecule has 0 saturated carbocycles. The molecule has 0 bridgehead atoms. The van der Waals surface area contributed by atoms with Crippen molar-refractivity contribution >= 4 is 17.6 Å². The average molecular weight is 343 g/mol. The number of amides is 1. The minimum Gasteiger partial charge on any atom is -0.478 e. The van der Waals surface area contributed by atoms with E-state index < -0.39 is 52.4 Å². The molecule has 1 aromatic carbocycles. The van der Waals surface area contributed by atoms with Crippen molar-refractivity contribution in [3.05, 3.63) is 23.3 Å². The van der Waals surface area contributed by atoms with Crippen LogP contribution < -0.4 is 10.1 Å². The lowest BCUT2D eigenvalue weighted by molar-refractivity contribution is -0.234. The first kappa shape index (κ1) is 16.9. The third-order valence-corrected chi connectivity index (χ3v) is 3.19.